The summed E-state index contributed by atoms with van der Waals surface area (Å²) in [6.45, 7) is 1.81. The number of aromatic nitrogens is 2. The van der Waals surface area contributed by atoms with E-state index in [0.29, 0.717) is 28.9 Å². The van der Waals surface area contributed by atoms with Gasteiger partial charge in [0.05, 0.1) is 6.54 Å². The zero-order valence-corrected chi connectivity index (χ0v) is 14.7. The van der Waals surface area contributed by atoms with Gasteiger partial charge in [-0.1, -0.05) is 23.7 Å². The average molecular weight is 370 g/mol. The Balaban J connectivity index is 1.57. The van der Waals surface area contributed by atoms with Crippen LogP contribution < -0.4 is 5.32 Å². The maximum atomic E-state index is 12.0. The summed E-state index contributed by atoms with van der Waals surface area (Å²) in [6.07, 6.45) is 4.83. The second kappa shape index (κ2) is 7.84. The molecule has 1 aromatic carbocycles. The summed E-state index contributed by atoms with van der Waals surface area (Å²) in [5, 5.41) is 7.58. The molecule has 6 nitrogen and oxygen atoms in total. The van der Waals surface area contributed by atoms with E-state index in [2.05, 4.69) is 10.4 Å². The predicted octanol–water partition coefficient (Wildman–Crippen LogP) is 4.03. The molecule has 0 aliphatic rings. The quantitative estimate of drug-likeness (QED) is 0.525. The topological polar surface area (TPSA) is 77.1 Å². The van der Waals surface area contributed by atoms with Crippen LogP contribution in [0.25, 0.3) is 6.08 Å². The number of rotatable bonds is 6. The minimum atomic E-state index is -0.290. The van der Waals surface area contributed by atoms with E-state index in [4.69, 9.17) is 16.0 Å². The van der Waals surface area contributed by atoms with Crippen molar-refractivity contribution in [1.82, 2.24) is 9.78 Å². The van der Waals surface area contributed by atoms with Crippen molar-refractivity contribution in [3.63, 3.8) is 0 Å². The number of Topliss-reactive ketones (excluding diaryl/α,β-unsaturated/α-hetero) is 1. The fourth-order valence-electron chi connectivity index (χ4n) is 2.24. The molecule has 0 fully saturated rings. The van der Waals surface area contributed by atoms with Crippen molar-refractivity contribution in [3.8, 4) is 0 Å². The first kappa shape index (κ1) is 17.7. The van der Waals surface area contributed by atoms with E-state index in [9.17, 15) is 9.59 Å². The highest BCUT2D eigenvalue weighted by molar-refractivity contribution is 6.30. The second-order valence-electron chi connectivity index (χ2n) is 5.59. The van der Waals surface area contributed by atoms with Crippen LogP contribution in [0, 0.1) is 0 Å². The van der Waals surface area contributed by atoms with Gasteiger partial charge in [0.2, 0.25) is 5.91 Å². The van der Waals surface area contributed by atoms with E-state index in [-0.39, 0.29) is 11.7 Å². The van der Waals surface area contributed by atoms with Gasteiger partial charge in [0.1, 0.15) is 5.76 Å². The Bertz CT molecular complexity index is 955. The summed E-state index contributed by atoms with van der Waals surface area (Å²) < 4.78 is 7.03. The van der Waals surface area contributed by atoms with Crippen LogP contribution in [0.2, 0.25) is 5.02 Å². The number of carbonyl (C=O) groups excluding carboxylic acids is 2. The van der Waals surface area contributed by atoms with Crippen molar-refractivity contribution in [2.75, 3.05) is 5.32 Å². The molecule has 0 saturated carbocycles. The molecule has 0 saturated heterocycles. The summed E-state index contributed by atoms with van der Waals surface area (Å²) in [4.78, 5) is 23.2. The Hall–Kier alpha value is -3.12. The van der Waals surface area contributed by atoms with Crippen molar-refractivity contribution in [2.45, 2.75) is 13.5 Å². The van der Waals surface area contributed by atoms with Gasteiger partial charge in [0.25, 0.3) is 0 Å². The van der Waals surface area contributed by atoms with Crippen LogP contribution in [0.15, 0.2) is 59.2 Å². The standard InChI is InChI=1S/C19H16ClN3O3/c1-13(24)17-8-7-16(26-17)12-23-11-10-18(22-23)21-19(25)9-4-14-2-5-15(20)6-3-14/h2-11H,12H2,1H3,(H,21,22,25)/b9-4-. The van der Waals surface area contributed by atoms with Crippen LogP contribution in [0.4, 0.5) is 5.82 Å². The molecule has 2 aromatic heterocycles. The lowest BCUT2D eigenvalue weighted by molar-refractivity contribution is -0.111. The fourth-order valence-corrected chi connectivity index (χ4v) is 2.37. The molecule has 0 aliphatic heterocycles. The fraction of sp³-hybridized carbons (Fsp3) is 0.105. The third-order valence-corrected chi connectivity index (χ3v) is 3.77. The van der Waals surface area contributed by atoms with Crippen LogP contribution >= 0.6 is 11.6 Å². The van der Waals surface area contributed by atoms with E-state index in [1.54, 1.807) is 47.3 Å². The normalized spacial score (nSPS) is 11.0. The Morgan fingerprint density at radius 2 is 1.96 bits per heavy atom. The lowest BCUT2D eigenvalue weighted by atomic mass is 10.2. The van der Waals surface area contributed by atoms with Gasteiger partial charge in [0.15, 0.2) is 17.4 Å². The number of hydrogen-bond donors (Lipinski definition) is 1. The highest BCUT2D eigenvalue weighted by Crippen LogP contribution is 2.12. The summed E-state index contributed by atoms with van der Waals surface area (Å²) in [7, 11) is 0. The summed E-state index contributed by atoms with van der Waals surface area (Å²) in [6, 6.07) is 12.2. The Kier molecular flexibility index (Phi) is 5.34. The minimum Gasteiger partial charge on any atom is -0.456 e. The third kappa shape index (κ3) is 4.70. The SMILES string of the molecule is CC(=O)c1ccc(Cn2ccc(NC(=O)/C=C\c3ccc(Cl)cc3)n2)o1. The molecular formula is C19H16ClN3O3. The van der Waals surface area contributed by atoms with Crippen molar-refractivity contribution < 1.29 is 14.0 Å². The van der Waals surface area contributed by atoms with Gasteiger partial charge < -0.3 is 9.73 Å². The summed E-state index contributed by atoms with van der Waals surface area (Å²) in [5.74, 6) is 0.931. The largest absolute Gasteiger partial charge is 0.456 e. The van der Waals surface area contributed by atoms with Crippen LogP contribution in [-0.2, 0) is 11.3 Å². The number of anilines is 1. The van der Waals surface area contributed by atoms with E-state index >= 15 is 0 Å². The predicted molar refractivity (Wildman–Crippen MR) is 99.2 cm³/mol. The molecule has 0 unspecified atom stereocenters. The molecule has 0 bridgehead atoms. The monoisotopic (exact) mass is 369 g/mol. The molecule has 7 heteroatoms. The van der Waals surface area contributed by atoms with E-state index in [0.717, 1.165) is 5.56 Å². The maximum Gasteiger partial charge on any atom is 0.249 e. The molecule has 1 amide bonds. The molecule has 26 heavy (non-hydrogen) atoms. The number of hydrogen-bond acceptors (Lipinski definition) is 4. The molecule has 0 spiro atoms. The first-order valence-corrected chi connectivity index (χ1v) is 8.25. The minimum absolute atomic E-state index is 0.128. The first-order chi connectivity index (χ1) is 12.5. The molecule has 3 aromatic rings. The molecular weight excluding hydrogens is 354 g/mol. The van der Waals surface area contributed by atoms with Gasteiger partial charge in [-0.15, -0.1) is 0 Å². The highest BCUT2D eigenvalue weighted by atomic mass is 35.5. The van der Waals surface area contributed by atoms with Gasteiger partial charge in [-0.25, -0.2) is 0 Å². The number of nitrogens with one attached hydrogen (secondary N) is 1. The van der Waals surface area contributed by atoms with Gasteiger partial charge in [-0.2, -0.15) is 5.10 Å². The zero-order chi connectivity index (χ0) is 18.5. The van der Waals surface area contributed by atoms with E-state index < -0.39 is 0 Å². The summed E-state index contributed by atoms with van der Waals surface area (Å²) in [5.41, 5.74) is 0.870. The van der Waals surface area contributed by atoms with Crippen molar-refractivity contribution in [2.24, 2.45) is 0 Å². The van der Waals surface area contributed by atoms with Crippen LogP contribution in [0.3, 0.4) is 0 Å². The number of carbonyl (C=O) groups is 2. The molecule has 0 aliphatic carbocycles. The van der Waals surface area contributed by atoms with E-state index in [1.165, 1.54) is 13.0 Å². The Morgan fingerprint density at radius 3 is 2.65 bits per heavy atom. The molecule has 132 valence electrons. The molecule has 3 rings (SSSR count). The first-order valence-electron chi connectivity index (χ1n) is 7.87. The summed E-state index contributed by atoms with van der Waals surface area (Å²) >= 11 is 5.82. The van der Waals surface area contributed by atoms with Crippen molar-refractivity contribution in [3.05, 3.63) is 76.8 Å². The van der Waals surface area contributed by atoms with Crippen molar-refractivity contribution in [1.29, 1.82) is 0 Å². The maximum absolute atomic E-state index is 12.0. The van der Waals surface area contributed by atoms with Gasteiger partial charge in [0, 0.05) is 30.3 Å². The zero-order valence-electron chi connectivity index (χ0n) is 14.0. The lowest BCUT2D eigenvalue weighted by Gasteiger charge is -1.99. The number of amides is 1. The third-order valence-electron chi connectivity index (χ3n) is 3.52. The van der Waals surface area contributed by atoms with Crippen molar-refractivity contribution >= 4 is 35.2 Å². The second-order valence-corrected chi connectivity index (χ2v) is 6.03. The number of benzene rings is 1. The van der Waals surface area contributed by atoms with Gasteiger partial charge in [-0.3, -0.25) is 14.3 Å². The van der Waals surface area contributed by atoms with Crippen LogP contribution in [0.1, 0.15) is 28.8 Å². The van der Waals surface area contributed by atoms with E-state index in [1.807, 2.05) is 12.1 Å². The Morgan fingerprint density at radius 1 is 1.19 bits per heavy atom. The molecule has 0 radical (unpaired) electrons. The Labute approximate surface area is 155 Å². The van der Waals surface area contributed by atoms with Crippen LogP contribution in [-0.4, -0.2) is 21.5 Å². The van der Waals surface area contributed by atoms with Gasteiger partial charge >= 0.3 is 0 Å². The lowest BCUT2D eigenvalue weighted by Crippen LogP contribution is -2.09. The highest BCUT2D eigenvalue weighted by Gasteiger charge is 2.08. The molecule has 0 atom stereocenters. The number of furan rings is 1. The smallest absolute Gasteiger partial charge is 0.249 e. The molecule has 2 heterocycles. The number of nitrogens with zero attached hydrogens (tertiary/aromatic N) is 2. The number of halogens is 1. The van der Waals surface area contributed by atoms with Gasteiger partial charge in [-0.05, 0) is 35.9 Å². The molecule has 1 N–H and O–H groups in total. The van der Waals surface area contributed by atoms with Crippen LogP contribution in [0.5, 0.6) is 0 Å². The number of ketones is 1. The average Bonchev–Trinajstić information content (AvgIpc) is 3.24.